The van der Waals surface area contributed by atoms with E-state index in [2.05, 4.69) is 0 Å². The first-order valence-electron chi connectivity index (χ1n) is 11.0. The second kappa shape index (κ2) is 9.55. The summed E-state index contributed by atoms with van der Waals surface area (Å²) in [4.78, 5) is 30.0. The number of amides is 2. The SMILES string of the molecule is COc1cc(OC)c(C2SCCN2C(=O)C2CC(=O)N(c3ccc(C)c(C)c3)C2)cc1OC. The van der Waals surface area contributed by atoms with Gasteiger partial charge in [0.05, 0.1) is 27.2 Å². The summed E-state index contributed by atoms with van der Waals surface area (Å²) in [6.07, 6.45) is 0.225. The van der Waals surface area contributed by atoms with E-state index in [9.17, 15) is 9.59 Å². The third kappa shape index (κ3) is 4.36. The Bertz CT molecular complexity index is 1070. The minimum absolute atomic E-state index is 0.00141. The topological polar surface area (TPSA) is 68.3 Å². The van der Waals surface area contributed by atoms with Crippen LogP contribution in [0.15, 0.2) is 30.3 Å². The van der Waals surface area contributed by atoms with E-state index in [4.69, 9.17) is 14.2 Å². The third-order valence-electron chi connectivity index (χ3n) is 6.45. The second-order valence-electron chi connectivity index (χ2n) is 8.38. The van der Waals surface area contributed by atoms with Gasteiger partial charge in [0.2, 0.25) is 11.8 Å². The Hall–Kier alpha value is -2.87. The molecule has 2 aliphatic rings. The quantitative estimate of drug-likeness (QED) is 0.637. The highest BCUT2D eigenvalue weighted by atomic mass is 32.2. The fraction of sp³-hybridized carbons (Fsp3) is 0.440. The zero-order chi connectivity index (χ0) is 23.7. The molecule has 2 unspecified atom stereocenters. The first kappa shape index (κ1) is 23.3. The average Bonchev–Trinajstić information content (AvgIpc) is 3.46. The fourth-order valence-corrected chi connectivity index (χ4v) is 5.73. The molecule has 2 aromatic rings. The largest absolute Gasteiger partial charge is 0.496 e. The lowest BCUT2D eigenvalue weighted by Crippen LogP contribution is -2.37. The van der Waals surface area contributed by atoms with Gasteiger partial charge in [0.1, 0.15) is 11.1 Å². The van der Waals surface area contributed by atoms with Crippen molar-refractivity contribution in [1.29, 1.82) is 0 Å². The number of benzene rings is 2. The molecule has 4 rings (SSSR count). The first-order valence-corrected chi connectivity index (χ1v) is 12.0. The highest BCUT2D eigenvalue weighted by Crippen LogP contribution is 2.46. The van der Waals surface area contributed by atoms with Crippen molar-refractivity contribution in [2.75, 3.05) is 45.1 Å². The average molecular weight is 471 g/mol. The Morgan fingerprint density at radius 2 is 1.67 bits per heavy atom. The predicted octanol–water partition coefficient (Wildman–Crippen LogP) is 3.96. The van der Waals surface area contributed by atoms with Crippen molar-refractivity contribution in [2.45, 2.75) is 25.6 Å². The molecule has 2 aliphatic heterocycles. The molecule has 8 heteroatoms. The lowest BCUT2D eigenvalue weighted by molar-refractivity contribution is -0.136. The number of rotatable bonds is 6. The van der Waals surface area contributed by atoms with E-state index >= 15 is 0 Å². The lowest BCUT2D eigenvalue weighted by Gasteiger charge is -2.28. The zero-order valence-corrected chi connectivity index (χ0v) is 20.5. The van der Waals surface area contributed by atoms with Gasteiger partial charge in [-0.2, -0.15) is 0 Å². The van der Waals surface area contributed by atoms with Crippen LogP contribution in [0.3, 0.4) is 0 Å². The normalized spacial score (nSPS) is 20.3. The van der Waals surface area contributed by atoms with E-state index < -0.39 is 0 Å². The van der Waals surface area contributed by atoms with Crippen molar-refractivity contribution in [3.63, 3.8) is 0 Å². The molecule has 0 spiro atoms. The molecule has 33 heavy (non-hydrogen) atoms. The Morgan fingerprint density at radius 1 is 0.970 bits per heavy atom. The zero-order valence-electron chi connectivity index (χ0n) is 19.7. The number of ether oxygens (including phenoxy) is 3. The van der Waals surface area contributed by atoms with Gasteiger partial charge in [0.15, 0.2) is 11.5 Å². The summed E-state index contributed by atoms with van der Waals surface area (Å²) in [6, 6.07) is 9.65. The number of hydrogen-bond acceptors (Lipinski definition) is 6. The summed E-state index contributed by atoms with van der Waals surface area (Å²) in [5.74, 6) is 2.24. The molecule has 2 heterocycles. The first-order chi connectivity index (χ1) is 15.9. The molecule has 2 saturated heterocycles. The monoisotopic (exact) mass is 470 g/mol. The van der Waals surface area contributed by atoms with Gasteiger partial charge in [-0.3, -0.25) is 9.59 Å². The molecule has 0 radical (unpaired) electrons. The Balaban J connectivity index is 1.57. The summed E-state index contributed by atoms with van der Waals surface area (Å²) >= 11 is 1.68. The number of hydrogen-bond donors (Lipinski definition) is 0. The number of methoxy groups -OCH3 is 3. The van der Waals surface area contributed by atoms with E-state index in [1.807, 2.05) is 43.0 Å². The van der Waals surface area contributed by atoms with Crippen LogP contribution in [-0.2, 0) is 9.59 Å². The van der Waals surface area contributed by atoms with Crippen LogP contribution in [-0.4, -0.2) is 56.9 Å². The Morgan fingerprint density at radius 3 is 2.33 bits per heavy atom. The van der Waals surface area contributed by atoms with E-state index in [0.29, 0.717) is 30.3 Å². The van der Waals surface area contributed by atoms with Crippen molar-refractivity contribution >= 4 is 29.3 Å². The minimum Gasteiger partial charge on any atom is -0.496 e. The molecule has 2 aromatic carbocycles. The van der Waals surface area contributed by atoms with Crippen molar-refractivity contribution in [3.8, 4) is 17.2 Å². The van der Waals surface area contributed by atoms with Crippen molar-refractivity contribution < 1.29 is 23.8 Å². The number of nitrogens with zero attached hydrogens (tertiary/aromatic N) is 2. The van der Waals surface area contributed by atoms with E-state index in [1.165, 1.54) is 5.56 Å². The van der Waals surface area contributed by atoms with Crippen molar-refractivity contribution in [3.05, 3.63) is 47.0 Å². The second-order valence-corrected chi connectivity index (χ2v) is 9.57. The lowest BCUT2D eigenvalue weighted by atomic mass is 10.1. The van der Waals surface area contributed by atoms with Crippen LogP contribution in [0.2, 0.25) is 0 Å². The van der Waals surface area contributed by atoms with Gasteiger partial charge in [0, 0.05) is 42.6 Å². The van der Waals surface area contributed by atoms with Crippen LogP contribution in [0.25, 0.3) is 0 Å². The number of carbonyl (C=O) groups is 2. The molecule has 0 saturated carbocycles. The summed E-state index contributed by atoms with van der Waals surface area (Å²) in [7, 11) is 4.77. The molecule has 0 aromatic heterocycles. The minimum atomic E-state index is -0.369. The summed E-state index contributed by atoms with van der Waals surface area (Å²) in [5, 5.41) is -0.210. The standard InChI is InChI=1S/C25H30N2O5S/c1-15-6-7-18(10-16(15)2)27-14-17(11-23(27)28)24(29)26-8-9-33-25(26)19-12-21(31-4)22(32-5)13-20(19)30-3/h6-7,10,12-13,17,25H,8-9,11,14H2,1-5H3. The highest BCUT2D eigenvalue weighted by Gasteiger charge is 2.41. The third-order valence-corrected chi connectivity index (χ3v) is 7.69. The molecular formula is C25H30N2O5S. The molecule has 2 atom stereocenters. The molecule has 0 aliphatic carbocycles. The van der Waals surface area contributed by atoms with Gasteiger partial charge in [-0.25, -0.2) is 0 Å². The summed E-state index contributed by atoms with van der Waals surface area (Å²) < 4.78 is 16.5. The number of aryl methyl sites for hydroxylation is 2. The van der Waals surface area contributed by atoms with Crippen LogP contribution in [0.5, 0.6) is 17.2 Å². The molecule has 0 bridgehead atoms. The maximum Gasteiger partial charge on any atom is 0.229 e. The van der Waals surface area contributed by atoms with Gasteiger partial charge >= 0.3 is 0 Å². The van der Waals surface area contributed by atoms with Crippen molar-refractivity contribution in [2.24, 2.45) is 5.92 Å². The maximum atomic E-state index is 13.6. The van der Waals surface area contributed by atoms with E-state index in [0.717, 1.165) is 22.6 Å². The number of thioether (sulfide) groups is 1. The molecule has 2 fully saturated rings. The Labute approximate surface area is 199 Å². The molecule has 176 valence electrons. The van der Waals surface area contributed by atoms with Gasteiger partial charge < -0.3 is 24.0 Å². The van der Waals surface area contributed by atoms with Gasteiger partial charge in [-0.05, 0) is 43.2 Å². The van der Waals surface area contributed by atoms with Gasteiger partial charge in [0.25, 0.3) is 0 Å². The predicted molar refractivity (Wildman–Crippen MR) is 129 cm³/mol. The molecular weight excluding hydrogens is 440 g/mol. The van der Waals surface area contributed by atoms with E-state index in [1.54, 1.807) is 44.1 Å². The molecule has 7 nitrogen and oxygen atoms in total. The van der Waals surface area contributed by atoms with Crippen molar-refractivity contribution in [1.82, 2.24) is 4.90 Å². The Kier molecular flexibility index (Phi) is 6.74. The van der Waals surface area contributed by atoms with E-state index in [-0.39, 0.29) is 29.5 Å². The van der Waals surface area contributed by atoms with Crippen LogP contribution in [0, 0.1) is 19.8 Å². The van der Waals surface area contributed by atoms with Gasteiger partial charge in [-0.1, -0.05) is 6.07 Å². The van der Waals surface area contributed by atoms with Crippen LogP contribution >= 0.6 is 11.8 Å². The fourth-order valence-electron chi connectivity index (χ4n) is 4.45. The van der Waals surface area contributed by atoms with Crippen LogP contribution in [0.4, 0.5) is 5.69 Å². The van der Waals surface area contributed by atoms with Gasteiger partial charge in [-0.15, -0.1) is 11.8 Å². The summed E-state index contributed by atoms with van der Waals surface area (Å²) in [6.45, 7) is 5.10. The summed E-state index contributed by atoms with van der Waals surface area (Å²) in [5.41, 5.74) is 4.03. The molecule has 0 N–H and O–H groups in total. The van der Waals surface area contributed by atoms with Crippen LogP contribution in [0.1, 0.15) is 28.5 Å². The highest BCUT2D eigenvalue weighted by molar-refractivity contribution is 7.99. The smallest absolute Gasteiger partial charge is 0.229 e. The number of anilines is 1. The molecule has 2 amide bonds. The van der Waals surface area contributed by atoms with Crippen LogP contribution < -0.4 is 19.1 Å². The maximum absolute atomic E-state index is 13.6. The number of carbonyl (C=O) groups excluding carboxylic acids is 2.